The molecular formula is C33H30F3N3O3S. The number of Topliss-reactive ketones (excluding diaryl/α,β-unsaturated/α-hetero) is 1. The van der Waals surface area contributed by atoms with Crippen molar-refractivity contribution in [3.8, 4) is 6.07 Å². The maximum atomic E-state index is 13.8. The summed E-state index contributed by atoms with van der Waals surface area (Å²) >= 11 is 1.57. The smallest absolute Gasteiger partial charge is 0.305 e. The highest BCUT2D eigenvalue weighted by atomic mass is 32.2. The Hall–Kier alpha value is -4.10. The first-order chi connectivity index (χ1) is 20.3. The Morgan fingerprint density at radius 2 is 1.70 bits per heavy atom. The molecule has 3 aromatic rings. The molecule has 3 amide bonds. The van der Waals surface area contributed by atoms with Gasteiger partial charge in [-0.15, -0.1) is 11.8 Å². The predicted octanol–water partition coefficient (Wildman–Crippen LogP) is 7.28. The van der Waals surface area contributed by atoms with E-state index in [2.05, 4.69) is 6.07 Å². The van der Waals surface area contributed by atoms with Crippen molar-refractivity contribution < 1.29 is 27.6 Å². The number of alkyl halides is 3. The topological polar surface area (TPSA) is 81.5 Å². The summed E-state index contributed by atoms with van der Waals surface area (Å²) in [5, 5.41) is 9.51. The van der Waals surface area contributed by atoms with E-state index in [4.69, 9.17) is 0 Å². The molecule has 2 aliphatic rings. The lowest BCUT2D eigenvalue weighted by Gasteiger charge is -2.29. The predicted molar refractivity (Wildman–Crippen MR) is 158 cm³/mol. The summed E-state index contributed by atoms with van der Waals surface area (Å²) < 4.78 is 41.2. The zero-order valence-corrected chi connectivity index (χ0v) is 24.8. The SMILES string of the molecule is CSc1ccc(CC(=O)Cc2ccc(C(F)(F)F)cc2CN2C(=O)N(c3ccc(C#N)c(C4CC4)c3)C(=O)C2(C)C)cc1. The van der Waals surface area contributed by atoms with Crippen molar-refractivity contribution in [2.45, 2.75) is 68.6 Å². The Balaban J connectivity index is 1.44. The van der Waals surface area contributed by atoms with Crippen molar-refractivity contribution in [2.24, 2.45) is 0 Å². The first-order valence-electron chi connectivity index (χ1n) is 13.9. The van der Waals surface area contributed by atoms with E-state index in [1.807, 2.05) is 30.5 Å². The summed E-state index contributed by atoms with van der Waals surface area (Å²) in [6.07, 6.45) is -0.878. The summed E-state index contributed by atoms with van der Waals surface area (Å²) in [7, 11) is 0. The van der Waals surface area contributed by atoms with Crippen LogP contribution in [-0.2, 0) is 35.2 Å². The van der Waals surface area contributed by atoms with E-state index in [1.54, 1.807) is 43.8 Å². The number of carbonyl (C=O) groups is 3. The number of ketones is 1. The van der Waals surface area contributed by atoms with Gasteiger partial charge in [-0.1, -0.05) is 18.2 Å². The first kappa shape index (κ1) is 30.4. The number of amides is 3. The third-order valence-electron chi connectivity index (χ3n) is 8.06. The van der Waals surface area contributed by atoms with Crippen LogP contribution in [-0.4, -0.2) is 34.4 Å². The highest BCUT2D eigenvalue weighted by Gasteiger charge is 2.52. The van der Waals surface area contributed by atoms with Crippen molar-refractivity contribution in [3.05, 3.63) is 94.0 Å². The van der Waals surface area contributed by atoms with Gasteiger partial charge in [0.2, 0.25) is 0 Å². The molecule has 1 heterocycles. The van der Waals surface area contributed by atoms with E-state index in [-0.39, 0.29) is 36.7 Å². The van der Waals surface area contributed by atoms with Gasteiger partial charge in [0.25, 0.3) is 5.91 Å². The van der Waals surface area contributed by atoms with E-state index in [0.717, 1.165) is 45.9 Å². The Bertz CT molecular complexity index is 1640. The Kier molecular flexibility index (Phi) is 8.14. The Morgan fingerprint density at radius 1 is 1.00 bits per heavy atom. The van der Waals surface area contributed by atoms with Gasteiger partial charge >= 0.3 is 12.2 Å². The molecule has 0 spiro atoms. The summed E-state index contributed by atoms with van der Waals surface area (Å²) in [4.78, 5) is 43.7. The zero-order chi connectivity index (χ0) is 31.1. The lowest BCUT2D eigenvalue weighted by Crippen LogP contribution is -2.43. The van der Waals surface area contributed by atoms with Gasteiger partial charge in [0.15, 0.2) is 0 Å². The Morgan fingerprint density at radius 3 is 2.30 bits per heavy atom. The van der Waals surface area contributed by atoms with E-state index >= 15 is 0 Å². The van der Waals surface area contributed by atoms with Gasteiger partial charge in [-0.25, -0.2) is 9.69 Å². The lowest BCUT2D eigenvalue weighted by molar-refractivity contribution is -0.137. The minimum absolute atomic E-state index is 0.109. The highest BCUT2D eigenvalue weighted by molar-refractivity contribution is 7.98. The molecule has 5 rings (SSSR count). The molecule has 1 saturated heterocycles. The minimum Gasteiger partial charge on any atom is -0.305 e. The molecule has 0 aromatic heterocycles. The molecule has 1 saturated carbocycles. The molecule has 2 fully saturated rings. The van der Waals surface area contributed by atoms with Crippen LogP contribution >= 0.6 is 11.8 Å². The van der Waals surface area contributed by atoms with Gasteiger partial charge in [-0.05, 0) is 104 Å². The molecule has 10 heteroatoms. The van der Waals surface area contributed by atoms with Crippen LogP contribution < -0.4 is 4.90 Å². The number of anilines is 1. The van der Waals surface area contributed by atoms with Crippen LogP contribution in [0, 0.1) is 11.3 Å². The van der Waals surface area contributed by atoms with Crippen molar-refractivity contribution in [2.75, 3.05) is 11.2 Å². The fraction of sp³-hybridized carbons (Fsp3) is 0.333. The second-order valence-corrected chi connectivity index (χ2v) is 12.3. The average molecular weight is 606 g/mol. The molecule has 0 bridgehead atoms. The second kappa shape index (κ2) is 11.5. The molecule has 43 heavy (non-hydrogen) atoms. The molecule has 1 aliphatic carbocycles. The van der Waals surface area contributed by atoms with Crippen LogP contribution in [0.25, 0.3) is 0 Å². The summed E-state index contributed by atoms with van der Waals surface area (Å²) in [6.45, 7) is 2.81. The fourth-order valence-electron chi connectivity index (χ4n) is 5.39. The Labute approximate surface area is 252 Å². The third kappa shape index (κ3) is 6.18. The van der Waals surface area contributed by atoms with Gasteiger partial charge in [-0.2, -0.15) is 18.4 Å². The van der Waals surface area contributed by atoms with Gasteiger partial charge in [-0.3, -0.25) is 9.59 Å². The van der Waals surface area contributed by atoms with Crippen molar-refractivity contribution in [1.82, 2.24) is 4.90 Å². The molecular weight excluding hydrogens is 575 g/mol. The molecule has 0 radical (unpaired) electrons. The monoisotopic (exact) mass is 605 g/mol. The van der Waals surface area contributed by atoms with Crippen molar-refractivity contribution in [3.63, 3.8) is 0 Å². The normalized spacial score (nSPS) is 16.5. The number of imide groups is 1. The number of thioether (sulfide) groups is 1. The van der Waals surface area contributed by atoms with Crippen LogP contribution in [0.4, 0.5) is 23.7 Å². The molecule has 1 aliphatic heterocycles. The van der Waals surface area contributed by atoms with Gasteiger partial charge < -0.3 is 4.90 Å². The second-order valence-electron chi connectivity index (χ2n) is 11.4. The zero-order valence-electron chi connectivity index (χ0n) is 24.0. The van der Waals surface area contributed by atoms with E-state index in [0.29, 0.717) is 16.8 Å². The molecule has 6 nitrogen and oxygen atoms in total. The van der Waals surface area contributed by atoms with Crippen LogP contribution in [0.5, 0.6) is 0 Å². The molecule has 0 N–H and O–H groups in total. The first-order valence-corrected chi connectivity index (χ1v) is 15.1. The van der Waals surface area contributed by atoms with Crippen LogP contribution in [0.3, 0.4) is 0 Å². The summed E-state index contributed by atoms with van der Waals surface area (Å²) in [6, 6.07) is 17.0. The van der Waals surface area contributed by atoms with E-state index in [9.17, 15) is 32.8 Å². The number of hydrogen-bond donors (Lipinski definition) is 0. The summed E-state index contributed by atoms with van der Waals surface area (Å²) in [5.41, 5.74) is 0.607. The maximum Gasteiger partial charge on any atom is 0.416 e. The van der Waals surface area contributed by atoms with Crippen LogP contribution in [0.1, 0.15) is 66.0 Å². The van der Waals surface area contributed by atoms with Gasteiger partial charge in [0.05, 0.1) is 22.9 Å². The number of nitrogens with zero attached hydrogens (tertiary/aromatic N) is 3. The van der Waals surface area contributed by atoms with Gasteiger partial charge in [0.1, 0.15) is 11.3 Å². The number of nitriles is 1. The number of hydrogen-bond acceptors (Lipinski definition) is 5. The molecule has 0 atom stereocenters. The molecule has 222 valence electrons. The lowest BCUT2D eigenvalue weighted by atomic mass is 9.95. The number of urea groups is 1. The van der Waals surface area contributed by atoms with Gasteiger partial charge in [0, 0.05) is 24.3 Å². The standard InChI is InChI=1S/C33H30F3N3O3S/c1-32(2)30(41)39(26-11-9-23(18-37)29(17-26)21-6-7-21)31(42)38(32)19-24-15-25(33(34,35)36)10-8-22(24)16-27(40)14-20-4-12-28(43-3)13-5-20/h4-5,8-13,15,17,21H,6-7,14,16,19H2,1-3H3. The maximum absolute atomic E-state index is 13.8. The highest BCUT2D eigenvalue weighted by Crippen LogP contribution is 2.44. The largest absolute Gasteiger partial charge is 0.416 e. The minimum atomic E-state index is -4.63. The number of benzene rings is 3. The van der Waals surface area contributed by atoms with Crippen molar-refractivity contribution >= 4 is 35.2 Å². The van der Waals surface area contributed by atoms with E-state index < -0.39 is 29.2 Å². The quantitative estimate of drug-likeness (QED) is 0.189. The average Bonchev–Trinajstić information content (AvgIpc) is 3.79. The molecule has 0 unspecified atom stereocenters. The van der Waals surface area contributed by atoms with Crippen molar-refractivity contribution in [1.29, 1.82) is 5.26 Å². The third-order valence-corrected chi connectivity index (χ3v) is 8.81. The van der Waals surface area contributed by atoms with Crippen LogP contribution in [0.15, 0.2) is 65.6 Å². The van der Waals surface area contributed by atoms with Crippen LogP contribution in [0.2, 0.25) is 0 Å². The number of carbonyl (C=O) groups excluding carboxylic acids is 3. The fourth-order valence-corrected chi connectivity index (χ4v) is 5.80. The number of halogens is 3. The molecule has 3 aromatic carbocycles. The summed E-state index contributed by atoms with van der Waals surface area (Å²) in [5.74, 6) is -0.518. The van der Waals surface area contributed by atoms with E-state index in [1.165, 1.54) is 11.0 Å². The number of rotatable bonds is 9.